The number of benzene rings is 1. The molecule has 0 bridgehead atoms. The van der Waals surface area contributed by atoms with Gasteiger partial charge in [-0.15, -0.1) is 0 Å². The Morgan fingerprint density at radius 1 is 1.42 bits per heavy atom. The highest BCUT2D eigenvalue weighted by molar-refractivity contribution is 9.10. The van der Waals surface area contributed by atoms with Crippen LogP contribution < -0.4 is 5.32 Å². The zero-order chi connectivity index (χ0) is 13.7. The van der Waals surface area contributed by atoms with Crippen molar-refractivity contribution in [1.29, 1.82) is 0 Å². The third-order valence-corrected chi connectivity index (χ3v) is 3.66. The minimum Gasteiger partial charge on any atom is -0.370 e. The number of Topliss-reactive ketones (excluding diaryl/α,β-unsaturated/α-hetero) is 1. The molecule has 1 saturated heterocycles. The average molecular weight is 330 g/mol. The SMILES string of the molecule is O=C(COC1CCNCC1)Cc1ccc(Br)cc1F. The summed E-state index contributed by atoms with van der Waals surface area (Å²) in [6.07, 6.45) is 2.10. The van der Waals surface area contributed by atoms with E-state index in [-0.39, 0.29) is 30.7 Å². The molecule has 0 radical (unpaired) electrons. The second-order valence-corrected chi connectivity index (χ2v) is 5.63. The lowest BCUT2D eigenvalue weighted by molar-refractivity contribution is -0.125. The lowest BCUT2D eigenvalue weighted by Crippen LogP contribution is -2.33. The second kappa shape index (κ2) is 7.12. The maximum Gasteiger partial charge on any atom is 0.162 e. The Morgan fingerprint density at radius 2 is 2.16 bits per heavy atom. The molecule has 1 fully saturated rings. The number of carbonyl (C=O) groups is 1. The Hall–Kier alpha value is -0.780. The van der Waals surface area contributed by atoms with Gasteiger partial charge in [0.15, 0.2) is 5.78 Å². The predicted octanol–water partition coefficient (Wildman–Crippen LogP) is 2.47. The van der Waals surface area contributed by atoms with Crippen molar-refractivity contribution in [2.24, 2.45) is 0 Å². The standard InChI is InChI=1S/C14H17BrFNO2/c15-11-2-1-10(14(16)8-11)7-12(18)9-19-13-3-5-17-6-4-13/h1-2,8,13,17H,3-7,9H2. The number of carbonyl (C=O) groups excluding carboxylic acids is 1. The highest BCUT2D eigenvalue weighted by Gasteiger charge is 2.15. The van der Waals surface area contributed by atoms with E-state index < -0.39 is 0 Å². The zero-order valence-electron chi connectivity index (χ0n) is 10.6. The number of nitrogens with one attached hydrogen (secondary N) is 1. The molecule has 0 aromatic heterocycles. The maximum absolute atomic E-state index is 13.6. The van der Waals surface area contributed by atoms with Crippen LogP contribution in [0.3, 0.4) is 0 Å². The zero-order valence-corrected chi connectivity index (χ0v) is 12.2. The first-order valence-electron chi connectivity index (χ1n) is 6.43. The van der Waals surface area contributed by atoms with E-state index >= 15 is 0 Å². The fraction of sp³-hybridized carbons (Fsp3) is 0.500. The van der Waals surface area contributed by atoms with Gasteiger partial charge in [-0.3, -0.25) is 4.79 Å². The summed E-state index contributed by atoms with van der Waals surface area (Å²) >= 11 is 3.19. The van der Waals surface area contributed by atoms with Gasteiger partial charge in [-0.1, -0.05) is 22.0 Å². The molecular weight excluding hydrogens is 313 g/mol. The Morgan fingerprint density at radius 3 is 2.84 bits per heavy atom. The third-order valence-electron chi connectivity index (χ3n) is 3.17. The molecule has 0 amide bonds. The van der Waals surface area contributed by atoms with Gasteiger partial charge in [0.2, 0.25) is 0 Å². The molecule has 3 nitrogen and oxygen atoms in total. The van der Waals surface area contributed by atoms with Crippen LogP contribution in [0.5, 0.6) is 0 Å². The quantitative estimate of drug-likeness (QED) is 0.901. The van der Waals surface area contributed by atoms with Crippen LogP contribution in [0.15, 0.2) is 22.7 Å². The number of ether oxygens (including phenoxy) is 1. The van der Waals surface area contributed by atoms with Crippen molar-refractivity contribution in [3.8, 4) is 0 Å². The van der Waals surface area contributed by atoms with Crippen LogP contribution in [0.1, 0.15) is 18.4 Å². The van der Waals surface area contributed by atoms with Gasteiger partial charge in [0.05, 0.1) is 6.10 Å². The molecule has 1 aromatic rings. The molecule has 1 aromatic carbocycles. The largest absolute Gasteiger partial charge is 0.370 e. The number of rotatable bonds is 5. The second-order valence-electron chi connectivity index (χ2n) is 4.71. The normalized spacial score (nSPS) is 16.5. The Kier molecular flexibility index (Phi) is 5.48. The Labute approximate surface area is 120 Å². The molecule has 1 aliphatic heterocycles. The van der Waals surface area contributed by atoms with E-state index in [4.69, 9.17) is 4.74 Å². The van der Waals surface area contributed by atoms with Gasteiger partial charge < -0.3 is 10.1 Å². The highest BCUT2D eigenvalue weighted by Crippen LogP contribution is 2.16. The summed E-state index contributed by atoms with van der Waals surface area (Å²) in [5.41, 5.74) is 0.419. The smallest absolute Gasteiger partial charge is 0.162 e. The van der Waals surface area contributed by atoms with Gasteiger partial charge in [-0.2, -0.15) is 0 Å². The van der Waals surface area contributed by atoms with Crippen molar-refractivity contribution in [3.63, 3.8) is 0 Å². The van der Waals surface area contributed by atoms with E-state index in [1.165, 1.54) is 6.07 Å². The number of halogens is 2. The number of hydrogen-bond acceptors (Lipinski definition) is 3. The minimum atomic E-state index is -0.357. The molecule has 5 heteroatoms. The highest BCUT2D eigenvalue weighted by atomic mass is 79.9. The van der Waals surface area contributed by atoms with Gasteiger partial charge in [0.25, 0.3) is 0 Å². The minimum absolute atomic E-state index is 0.0696. The van der Waals surface area contributed by atoms with Crippen molar-refractivity contribution in [3.05, 3.63) is 34.1 Å². The first-order valence-corrected chi connectivity index (χ1v) is 7.22. The summed E-state index contributed by atoms with van der Waals surface area (Å²) < 4.78 is 19.8. The maximum atomic E-state index is 13.6. The molecule has 0 aliphatic carbocycles. The lowest BCUT2D eigenvalue weighted by atomic mass is 10.1. The van der Waals surface area contributed by atoms with E-state index in [1.807, 2.05) is 0 Å². The third kappa shape index (κ3) is 4.67. The lowest BCUT2D eigenvalue weighted by Gasteiger charge is -2.22. The number of piperidine rings is 1. The first-order chi connectivity index (χ1) is 9.15. The summed E-state index contributed by atoms with van der Waals surface area (Å²) in [5, 5.41) is 3.24. The van der Waals surface area contributed by atoms with Gasteiger partial charge >= 0.3 is 0 Å². The molecule has 19 heavy (non-hydrogen) atoms. The summed E-state index contributed by atoms with van der Waals surface area (Å²) in [5.74, 6) is -0.440. The summed E-state index contributed by atoms with van der Waals surface area (Å²) in [6.45, 7) is 1.93. The summed E-state index contributed by atoms with van der Waals surface area (Å²) in [4.78, 5) is 11.8. The van der Waals surface area contributed by atoms with Gasteiger partial charge in [-0.25, -0.2) is 4.39 Å². The molecule has 0 atom stereocenters. The summed E-state index contributed by atoms with van der Waals surface area (Å²) in [6, 6.07) is 4.73. The van der Waals surface area contributed by atoms with Gasteiger partial charge in [-0.05, 0) is 43.6 Å². The van der Waals surface area contributed by atoms with Crippen LogP contribution in [0, 0.1) is 5.82 Å². The fourth-order valence-corrected chi connectivity index (χ4v) is 2.43. The monoisotopic (exact) mass is 329 g/mol. The number of ketones is 1. The van der Waals surface area contributed by atoms with E-state index in [0.717, 1.165) is 25.9 Å². The van der Waals surface area contributed by atoms with Gasteiger partial charge in [0.1, 0.15) is 12.4 Å². The van der Waals surface area contributed by atoms with E-state index in [1.54, 1.807) is 12.1 Å². The first kappa shape index (κ1) is 14.6. The van der Waals surface area contributed by atoms with Crippen LogP contribution in [0.2, 0.25) is 0 Å². The Balaban J connectivity index is 1.80. The van der Waals surface area contributed by atoms with Crippen LogP contribution >= 0.6 is 15.9 Å². The predicted molar refractivity (Wildman–Crippen MR) is 74.7 cm³/mol. The molecule has 1 aliphatic rings. The van der Waals surface area contributed by atoms with Crippen molar-refractivity contribution < 1.29 is 13.9 Å². The van der Waals surface area contributed by atoms with Crippen LogP contribution in [-0.4, -0.2) is 31.6 Å². The molecule has 0 spiro atoms. The fourth-order valence-electron chi connectivity index (χ4n) is 2.10. The molecule has 104 valence electrons. The molecule has 1 heterocycles. The number of hydrogen-bond donors (Lipinski definition) is 1. The van der Waals surface area contributed by atoms with Crippen molar-refractivity contribution in [1.82, 2.24) is 5.32 Å². The van der Waals surface area contributed by atoms with Crippen molar-refractivity contribution >= 4 is 21.7 Å². The topological polar surface area (TPSA) is 38.3 Å². The van der Waals surface area contributed by atoms with E-state index in [2.05, 4.69) is 21.2 Å². The van der Waals surface area contributed by atoms with Crippen molar-refractivity contribution in [2.45, 2.75) is 25.4 Å². The van der Waals surface area contributed by atoms with Crippen LogP contribution in [0.4, 0.5) is 4.39 Å². The van der Waals surface area contributed by atoms with Crippen LogP contribution in [0.25, 0.3) is 0 Å². The van der Waals surface area contributed by atoms with Gasteiger partial charge in [0, 0.05) is 10.9 Å². The molecule has 0 unspecified atom stereocenters. The molecular formula is C14H17BrFNO2. The van der Waals surface area contributed by atoms with E-state index in [0.29, 0.717) is 10.0 Å². The van der Waals surface area contributed by atoms with E-state index in [9.17, 15) is 9.18 Å². The average Bonchev–Trinajstić information content (AvgIpc) is 2.41. The van der Waals surface area contributed by atoms with Crippen LogP contribution in [-0.2, 0) is 16.0 Å². The summed E-state index contributed by atoms with van der Waals surface area (Å²) in [7, 11) is 0. The molecule has 2 rings (SSSR count). The molecule has 0 saturated carbocycles. The Bertz CT molecular complexity index is 447. The molecule has 1 N–H and O–H groups in total. The van der Waals surface area contributed by atoms with Crippen molar-refractivity contribution in [2.75, 3.05) is 19.7 Å².